The van der Waals surface area contributed by atoms with Gasteiger partial charge in [0, 0.05) is 27.7 Å². The van der Waals surface area contributed by atoms with Gasteiger partial charge in [0.25, 0.3) is 5.56 Å². The maximum absolute atomic E-state index is 12.2. The number of benzene rings is 1. The molecule has 0 amide bonds. The first-order valence-corrected chi connectivity index (χ1v) is 8.06. The summed E-state index contributed by atoms with van der Waals surface area (Å²) in [5.41, 5.74) is -0.290. The Bertz CT molecular complexity index is 969. The van der Waals surface area contributed by atoms with E-state index in [1.54, 1.807) is 25.1 Å². The van der Waals surface area contributed by atoms with Gasteiger partial charge in [-0.05, 0) is 24.6 Å². The van der Waals surface area contributed by atoms with Crippen molar-refractivity contribution >= 4 is 5.82 Å². The first-order valence-electron chi connectivity index (χ1n) is 8.06. The molecule has 138 valence electrons. The van der Waals surface area contributed by atoms with Crippen molar-refractivity contribution in [2.75, 3.05) is 25.7 Å². The summed E-state index contributed by atoms with van der Waals surface area (Å²) in [4.78, 5) is 26.1. The molecular weight excluding hydrogens is 336 g/mol. The van der Waals surface area contributed by atoms with Crippen molar-refractivity contribution in [2.24, 2.45) is 14.1 Å². The Morgan fingerprint density at radius 3 is 2.46 bits per heavy atom. The number of aromatic nitrogens is 2. The maximum atomic E-state index is 12.2. The Balaban J connectivity index is 2.46. The lowest BCUT2D eigenvalue weighted by molar-refractivity contribution is 0.310. The molecule has 0 saturated carbocycles. The summed E-state index contributed by atoms with van der Waals surface area (Å²) >= 11 is 0. The van der Waals surface area contributed by atoms with E-state index < -0.39 is 11.2 Å². The number of rotatable bonds is 6. The Hall–Kier alpha value is -3.21. The highest BCUT2D eigenvalue weighted by Crippen LogP contribution is 2.29. The third kappa shape index (κ3) is 3.42. The van der Waals surface area contributed by atoms with Crippen LogP contribution in [0.4, 0.5) is 5.82 Å². The minimum atomic E-state index is -0.610. The van der Waals surface area contributed by atoms with Gasteiger partial charge < -0.3 is 14.4 Å². The van der Waals surface area contributed by atoms with Gasteiger partial charge in [-0.2, -0.15) is 5.26 Å². The molecule has 0 unspecified atom stereocenters. The van der Waals surface area contributed by atoms with Crippen LogP contribution in [0.1, 0.15) is 18.1 Å². The summed E-state index contributed by atoms with van der Waals surface area (Å²) < 4.78 is 13.1. The lowest BCUT2D eigenvalue weighted by Crippen LogP contribution is -2.41. The number of anilines is 1. The predicted molar refractivity (Wildman–Crippen MR) is 97.9 cm³/mol. The Labute approximate surface area is 151 Å². The zero-order chi connectivity index (χ0) is 19.4. The van der Waals surface area contributed by atoms with E-state index in [9.17, 15) is 14.9 Å². The minimum absolute atomic E-state index is 0.0741. The summed E-state index contributed by atoms with van der Waals surface area (Å²) in [7, 11) is 6.17. The minimum Gasteiger partial charge on any atom is -0.493 e. The van der Waals surface area contributed by atoms with E-state index in [-0.39, 0.29) is 11.4 Å². The summed E-state index contributed by atoms with van der Waals surface area (Å²) in [6.07, 6.45) is 0. The molecule has 0 fully saturated rings. The molecule has 0 spiro atoms. The van der Waals surface area contributed by atoms with Crippen LogP contribution in [0.3, 0.4) is 0 Å². The molecule has 2 aromatic rings. The molecule has 0 atom stereocenters. The van der Waals surface area contributed by atoms with Crippen LogP contribution in [-0.4, -0.2) is 29.9 Å². The largest absolute Gasteiger partial charge is 0.493 e. The van der Waals surface area contributed by atoms with Gasteiger partial charge in [-0.25, -0.2) is 4.79 Å². The summed E-state index contributed by atoms with van der Waals surface area (Å²) in [6, 6.07) is 7.41. The van der Waals surface area contributed by atoms with Crippen molar-refractivity contribution in [1.29, 1.82) is 5.26 Å². The predicted octanol–water partition coefficient (Wildman–Crippen LogP) is 0.999. The quantitative estimate of drug-likeness (QED) is 0.765. The van der Waals surface area contributed by atoms with Gasteiger partial charge in [0.1, 0.15) is 11.9 Å². The van der Waals surface area contributed by atoms with Gasteiger partial charge in [-0.1, -0.05) is 6.07 Å². The lowest BCUT2D eigenvalue weighted by atomic mass is 10.2. The molecule has 0 saturated heterocycles. The fourth-order valence-corrected chi connectivity index (χ4v) is 2.81. The average Bonchev–Trinajstić information content (AvgIpc) is 2.63. The number of methoxy groups -OCH3 is 1. The smallest absolute Gasteiger partial charge is 0.332 e. The molecule has 0 aliphatic heterocycles. The zero-order valence-electron chi connectivity index (χ0n) is 15.6. The zero-order valence-corrected chi connectivity index (χ0v) is 15.6. The van der Waals surface area contributed by atoms with Crippen LogP contribution in [0, 0.1) is 11.3 Å². The third-order valence-corrected chi connectivity index (χ3v) is 4.05. The van der Waals surface area contributed by atoms with E-state index in [1.165, 1.54) is 18.7 Å². The van der Waals surface area contributed by atoms with Gasteiger partial charge in [-0.3, -0.25) is 13.9 Å². The molecule has 1 aromatic carbocycles. The van der Waals surface area contributed by atoms with Gasteiger partial charge >= 0.3 is 5.69 Å². The van der Waals surface area contributed by atoms with Gasteiger partial charge in [0.15, 0.2) is 17.1 Å². The second-order valence-electron chi connectivity index (χ2n) is 5.79. The van der Waals surface area contributed by atoms with Crippen LogP contribution in [0.2, 0.25) is 0 Å². The second-order valence-corrected chi connectivity index (χ2v) is 5.79. The van der Waals surface area contributed by atoms with E-state index in [4.69, 9.17) is 9.47 Å². The molecule has 8 heteroatoms. The molecule has 1 aromatic heterocycles. The molecule has 0 N–H and O–H groups in total. The fraction of sp³-hybridized carbons (Fsp3) is 0.389. The molecule has 26 heavy (non-hydrogen) atoms. The molecule has 8 nitrogen and oxygen atoms in total. The van der Waals surface area contributed by atoms with E-state index >= 15 is 0 Å². The van der Waals surface area contributed by atoms with Crippen LogP contribution < -0.4 is 25.6 Å². The average molecular weight is 358 g/mol. The summed E-state index contributed by atoms with van der Waals surface area (Å²) in [5.74, 6) is 1.50. The Morgan fingerprint density at radius 1 is 1.19 bits per heavy atom. The fourth-order valence-electron chi connectivity index (χ4n) is 2.81. The second kappa shape index (κ2) is 7.78. The molecular formula is C18H22N4O4. The first-order chi connectivity index (χ1) is 12.3. The highest BCUT2D eigenvalue weighted by atomic mass is 16.5. The van der Waals surface area contributed by atoms with Gasteiger partial charge in [-0.15, -0.1) is 0 Å². The summed E-state index contributed by atoms with van der Waals surface area (Å²) in [6.45, 7) is 2.79. The molecule has 0 bridgehead atoms. The normalized spacial score (nSPS) is 10.3. The number of nitriles is 1. The van der Waals surface area contributed by atoms with Crippen LogP contribution in [-0.2, 0) is 20.6 Å². The lowest BCUT2D eigenvalue weighted by Gasteiger charge is -2.23. The molecule has 0 radical (unpaired) electrons. The molecule has 0 aliphatic carbocycles. The Kier molecular flexibility index (Phi) is 5.72. The van der Waals surface area contributed by atoms with Crippen molar-refractivity contribution in [3.05, 3.63) is 50.2 Å². The number of hydrogen-bond acceptors (Lipinski definition) is 6. The van der Waals surface area contributed by atoms with Crippen molar-refractivity contribution in [1.82, 2.24) is 9.13 Å². The van der Waals surface area contributed by atoms with Crippen molar-refractivity contribution in [3.8, 4) is 17.6 Å². The third-order valence-electron chi connectivity index (χ3n) is 4.05. The molecule has 2 rings (SSSR count). The maximum Gasteiger partial charge on any atom is 0.332 e. The van der Waals surface area contributed by atoms with E-state index in [1.807, 2.05) is 25.1 Å². The first kappa shape index (κ1) is 19.1. The standard InChI is InChI=1S/C18H22N4O4/c1-6-26-14-8-7-12(9-15(14)25-5)11-20(2)16-13(10-19)17(23)22(4)18(24)21(16)3/h7-9H,6,11H2,1-5H3. The number of ether oxygens (including phenoxy) is 2. The SMILES string of the molecule is CCOc1ccc(CN(C)c2c(C#N)c(=O)n(C)c(=O)n2C)cc1OC. The van der Waals surface area contributed by atoms with Crippen molar-refractivity contribution in [2.45, 2.75) is 13.5 Å². The van der Waals surface area contributed by atoms with Gasteiger partial charge in [0.05, 0.1) is 13.7 Å². The van der Waals surface area contributed by atoms with Gasteiger partial charge in [0.2, 0.25) is 0 Å². The Morgan fingerprint density at radius 2 is 1.88 bits per heavy atom. The van der Waals surface area contributed by atoms with E-state index in [0.29, 0.717) is 24.7 Å². The van der Waals surface area contributed by atoms with E-state index in [0.717, 1.165) is 10.1 Å². The highest BCUT2D eigenvalue weighted by molar-refractivity contribution is 5.54. The van der Waals surface area contributed by atoms with E-state index in [2.05, 4.69) is 0 Å². The van der Waals surface area contributed by atoms with Crippen LogP contribution in [0.5, 0.6) is 11.5 Å². The number of hydrogen-bond donors (Lipinski definition) is 0. The van der Waals surface area contributed by atoms with Crippen LogP contribution >= 0.6 is 0 Å². The number of nitrogens with zero attached hydrogens (tertiary/aromatic N) is 4. The van der Waals surface area contributed by atoms with Crippen molar-refractivity contribution in [3.63, 3.8) is 0 Å². The van der Waals surface area contributed by atoms with Crippen LogP contribution in [0.25, 0.3) is 0 Å². The molecule has 1 heterocycles. The monoisotopic (exact) mass is 358 g/mol. The van der Waals surface area contributed by atoms with Crippen molar-refractivity contribution < 1.29 is 9.47 Å². The molecule has 0 aliphatic rings. The topological polar surface area (TPSA) is 89.5 Å². The highest BCUT2D eigenvalue weighted by Gasteiger charge is 2.19. The summed E-state index contributed by atoms with van der Waals surface area (Å²) in [5, 5.41) is 9.39. The van der Waals surface area contributed by atoms with Crippen LogP contribution in [0.15, 0.2) is 27.8 Å².